The molecular formula is C16H16N4. The molecule has 0 radical (unpaired) electrons. The van der Waals surface area contributed by atoms with Crippen LogP contribution in [-0.4, -0.2) is 9.97 Å². The third kappa shape index (κ3) is 1.51. The lowest BCUT2D eigenvalue weighted by Crippen LogP contribution is -2.49. The highest BCUT2D eigenvalue weighted by atomic mass is 14.9. The van der Waals surface area contributed by atoms with Gasteiger partial charge in [-0.1, -0.05) is 0 Å². The predicted octanol–water partition coefficient (Wildman–Crippen LogP) is 2.69. The van der Waals surface area contributed by atoms with E-state index in [2.05, 4.69) is 22.1 Å². The lowest BCUT2D eigenvalue weighted by Gasteiger charge is -2.57. The second-order valence-corrected chi connectivity index (χ2v) is 6.87. The van der Waals surface area contributed by atoms with Crippen LogP contribution in [0.2, 0.25) is 0 Å². The number of rotatable bonds is 1. The van der Waals surface area contributed by atoms with Crippen LogP contribution >= 0.6 is 0 Å². The summed E-state index contributed by atoms with van der Waals surface area (Å²) in [6.45, 7) is 0. The molecule has 0 unspecified atom stereocenters. The van der Waals surface area contributed by atoms with Crippen molar-refractivity contribution in [2.75, 3.05) is 0 Å². The van der Waals surface area contributed by atoms with Crippen LogP contribution in [0.15, 0.2) is 6.33 Å². The minimum atomic E-state index is 0.00609. The number of hydrogen-bond donors (Lipinski definition) is 0. The minimum Gasteiger partial charge on any atom is -0.225 e. The largest absolute Gasteiger partial charge is 0.225 e. The molecule has 4 saturated carbocycles. The van der Waals surface area contributed by atoms with Gasteiger partial charge in [-0.3, -0.25) is 0 Å². The summed E-state index contributed by atoms with van der Waals surface area (Å²) < 4.78 is 0. The molecule has 0 aromatic carbocycles. The van der Waals surface area contributed by atoms with E-state index in [0.717, 1.165) is 42.6 Å². The summed E-state index contributed by atoms with van der Waals surface area (Å²) in [5.41, 5.74) is 1.73. The Labute approximate surface area is 118 Å². The van der Waals surface area contributed by atoms with Gasteiger partial charge in [-0.25, -0.2) is 9.97 Å². The second kappa shape index (κ2) is 4.03. The summed E-state index contributed by atoms with van der Waals surface area (Å²) in [5, 5.41) is 18.8. The van der Waals surface area contributed by atoms with E-state index in [9.17, 15) is 10.5 Å². The smallest absolute Gasteiger partial charge is 0.148 e. The normalized spacial score (nSPS) is 37.4. The Bertz CT molecular complexity index is 582. The lowest BCUT2D eigenvalue weighted by molar-refractivity contribution is -0.00576. The molecular weight excluding hydrogens is 248 g/mol. The lowest BCUT2D eigenvalue weighted by atomic mass is 9.47. The molecule has 4 aliphatic rings. The summed E-state index contributed by atoms with van der Waals surface area (Å²) >= 11 is 0. The molecule has 0 saturated heterocycles. The van der Waals surface area contributed by atoms with Crippen LogP contribution < -0.4 is 0 Å². The fraction of sp³-hybridized carbons (Fsp3) is 0.625. The van der Waals surface area contributed by atoms with Gasteiger partial charge in [0.1, 0.15) is 29.9 Å². The van der Waals surface area contributed by atoms with Crippen LogP contribution in [0.25, 0.3) is 0 Å². The second-order valence-electron chi connectivity index (χ2n) is 6.87. The number of nitrogens with zero attached hydrogens (tertiary/aromatic N) is 4. The third-order valence-corrected chi connectivity index (χ3v) is 5.63. The summed E-state index contributed by atoms with van der Waals surface area (Å²) in [6, 6.07) is 4.39. The average molecular weight is 264 g/mol. The summed E-state index contributed by atoms with van der Waals surface area (Å²) in [4.78, 5) is 8.28. The standard InChI is InChI=1S/C16H16N4/c17-7-13-15(14(8-18)20-9-19-13)16-4-10-1-11(5-16)3-12(2-10)6-16/h9-12H,1-6H2. The highest BCUT2D eigenvalue weighted by Crippen LogP contribution is 2.61. The Morgan fingerprint density at radius 1 is 0.900 bits per heavy atom. The highest BCUT2D eigenvalue weighted by Gasteiger charge is 2.53. The van der Waals surface area contributed by atoms with Crippen molar-refractivity contribution in [2.45, 2.75) is 43.9 Å². The van der Waals surface area contributed by atoms with E-state index >= 15 is 0 Å². The molecule has 0 aliphatic heterocycles. The Balaban J connectivity index is 1.90. The number of aromatic nitrogens is 2. The molecule has 5 rings (SSSR count). The van der Waals surface area contributed by atoms with E-state index in [1.165, 1.54) is 25.6 Å². The Morgan fingerprint density at radius 2 is 1.35 bits per heavy atom. The van der Waals surface area contributed by atoms with E-state index in [0.29, 0.717) is 11.4 Å². The number of hydrogen-bond acceptors (Lipinski definition) is 4. The van der Waals surface area contributed by atoms with Gasteiger partial charge in [0.05, 0.1) is 0 Å². The number of nitriles is 2. The van der Waals surface area contributed by atoms with Gasteiger partial charge in [0.15, 0.2) is 0 Å². The van der Waals surface area contributed by atoms with Gasteiger partial charge in [0.25, 0.3) is 0 Å². The molecule has 4 heteroatoms. The first-order valence-corrected chi connectivity index (χ1v) is 7.40. The first-order valence-electron chi connectivity index (χ1n) is 7.40. The molecule has 0 amide bonds. The van der Waals surface area contributed by atoms with Crippen LogP contribution in [0.4, 0.5) is 0 Å². The highest BCUT2D eigenvalue weighted by molar-refractivity contribution is 5.46. The Hall–Kier alpha value is -1.94. The monoisotopic (exact) mass is 264 g/mol. The van der Waals surface area contributed by atoms with E-state index in [1.807, 2.05) is 0 Å². The maximum absolute atomic E-state index is 9.39. The van der Waals surface area contributed by atoms with E-state index in [1.54, 1.807) is 0 Å². The van der Waals surface area contributed by atoms with E-state index < -0.39 is 0 Å². The van der Waals surface area contributed by atoms with Crippen molar-refractivity contribution in [1.82, 2.24) is 9.97 Å². The molecule has 4 nitrogen and oxygen atoms in total. The maximum Gasteiger partial charge on any atom is 0.148 e. The minimum absolute atomic E-state index is 0.00609. The topological polar surface area (TPSA) is 73.4 Å². The van der Waals surface area contributed by atoms with Crippen LogP contribution in [0.3, 0.4) is 0 Å². The van der Waals surface area contributed by atoms with Crippen molar-refractivity contribution >= 4 is 0 Å². The van der Waals surface area contributed by atoms with E-state index in [-0.39, 0.29) is 5.41 Å². The van der Waals surface area contributed by atoms with Gasteiger partial charge < -0.3 is 0 Å². The molecule has 20 heavy (non-hydrogen) atoms. The van der Waals surface area contributed by atoms with Gasteiger partial charge in [0.2, 0.25) is 0 Å². The molecule has 4 aliphatic carbocycles. The van der Waals surface area contributed by atoms with Gasteiger partial charge in [0, 0.05) is 11.0 Å². The quantitative estimate of drug-likeness (QED) is 0.781. The zero-order chi connectivity index (χ0) is 13.7. The predicted molar refractivity (Wildman–Crippen MR) is 71.3 cm³/mol. The van der Waals surface area contributed by atoms with Gasteiger partial charge in [-0.05, 0) is 56.3 Å². The first-order chi connectivity index (χ1) is 9.74. The van der Waals surface area contributed by atoms with Crippen molar-refractivity contribution in [1.29, 1.82) is 10.5 Å². The molecule has 1 aromatic rings. The molecule has 0 N–H and O–H groups in total. The fourth-order valence-electron chi connectivity index (χ4n) is 5.47. The van der Waals surface area contributed by atoms with Crippen molar-refractivity contribution in [3.8, 4) is 12.1 Å². The third-order valence-electron chi connectivity index (χ3n) is 5.63. The fourth-order valence-corrected chi connectivity index (χ4v) is 5.47. The summed E-state index contributed by atoms with van der Waals surface area (Å²) in [5.74, 6) is 2.33. The average Bonchev–Trinajstić information content (AvgIpc) is 2.45. The van der Waals surface area contributed by atoms with Gasteiger partial charge in [-0.15, -0.1) is 0 Å². The van der Waals surface area contributed by atoms with Crippen LogP contribution in [0, 0.1) is 40.4 Å². The zero-order valence-corrected chi connectivity index (χ0v) is 11.3. The Morgan fingerprint density at radius 3 is 1.75 bits per heavy atom. The van der Waals surface area contributed by atoms with Crippen molar-refractivity contribution in [2.24, 2.45) is 17.8 Å². The van der Waals surface area contributed by atoms with Gasteiger partial charge >= 0.3 is 0 Å². The Kier molecular flexibility index (Phi) is 2.39. The van der Waals surface area contributed by atoms with E-state index in [4.69, 9.17) is 0 Å². The molecule has 0 spiro atoms. The van der Waals surface area contributed by atoms with Gasteiger partial charge in [-0.2, -0.15) is 10.5 Å². The molecule has 1 heterocycles. The van der Waals surface area contributed by atoms with Crippen LogP contribution in [0.1, 0.15) is 55.5 Å². The zero-order valence-electron chi connectivity index (χ0n) is 11.3. The van der Waals surface area contributed by atoms with Crippen LogP contribution in [-0.2, 0) is 5.41 Å². The van der Waals surface area contributed by atoms with Crippen molar-refractivity contribution in [3.63, 3.8) is 0 Å². The summed E-state index contributed by atoms with van der Waals surface area (Å²) in [7, 11) is 0. The SMILES string of the molecule is N#Cc1ncnc(C#N)c1C12CC3CC(CC(C3)C1)C2. The summed E-state index contributed by atoms with van der Waals surface area (Å²) in [6.07, 6.45) is 8.74. The first kappa shape index (κ1) is 11.9. The maximum atomic E-state index is 9.39. The molecule has 0 atom stereocenters. The van der Waals surface area contributed by atoms with Crippen molar-refractivity contribution in [3.05, 3.63) is 23.3 Å². The molecule has 1 aromatic heterocycles. The van der Waals surface area contributed by atoms with Crippen molar-refractivity contribution < 1.29 is 0 Å². The van der Waals surface area contributed by atoms with Crippen LogP contribution in [0.5, 0.6) is 0 Å². The molecule has 4 fully saturated rings. The molecule has 4 bridgehead atoms. The molecule has 100 valence electrons.